The molecule has 21 nitrogen and oxygen atoms in total. The molecule has 6 N–H and O–H groups in total. The molecule has 2 aromatic carbocycles. The first-order valence-electron chi connectivity index (χ1n) is 18.9. The van der Waals surface area contributed by atoms with E-state index in [1.807, 2.05) is 0 Å². The Hall–Kier alpha value is -5.88. The summed E-state index contributed by atoms with van der Waals surface area (Å²) < 4.78 is 22.6. The van der Waals surface area contributed by atoms with Crippen LogP contribution in [-0.4, -0.2) is 160 Å². The number of nitrogens with one attached hydrogen (secondary N) is 3. The molecule has 0 spiro atoms. The van der Waals surface area contributed by atoms with Gasteiger partial charge in [0.25, 0.3) is 0 Å². The number of amides is 8. The number of sulfonamides is 1. The van der Waals surface area contributed by atoms with Gasteiger partial charge in [-0.1, -0.05) is 60.7 Å². The van der Waals surface area contributed by atoms with E-state index in [0.29, 0.717) is 20.3 Å². The third kappa shape index (κ3) is 8.36. The normalized spacial score (nSPS) is 26.4. The number of carbonyl (C=O) groups excluding carboxylic acids is 6. The summed E-state index contributed by atoms with van der Waals surface area (Å²) in [6, 6.07) is 8.86. The van der Waals surface area contributed by atoms with Crippen molar-refractivity contribution >= 4 is 87.1 Å². The Kier molecular flexibility index (Phi) is 12.3. The Morgan fingerprint density at radius 3 is 1.53 bits per heavy atom. The zero-order chi connectivity index (χ0) is 45.8. The van der Waals surface area contributed by atoms with Crippen LogP contribution in [0.3, 0.4) is 0 Å². The first-order valence-corrected chi connectivity index (χ1v) is 22.5. The van der Waals surface area contributed by atoms with Crippen molar-refractivity contribution in [3.8, 4) is 0 Å². The Balaban J connectivity index is 0.000000218. The summed E-state index contributed by atoms with van der Waals surface area (Å²) in [5.41, 5.74) is 0.672. The summed E-state index contributed by atoms with van der Waals surface area (Å²) in [7, 11) is -3.87. The van der Waals surface area contributed by atoms with Crippen molar-refractivity contribution in [2.24, 2.45) is 0 Å². The molecule has 24 heteroatoms. The fourth-order valence-corrected chi connectivity index (χ4v) is 12.0. The quantitative estimate of drug-likeness (QED) is 0.130. The van der Waals surface area contributed by atoms with E-state index in [-0.39, 0.29) is 13.1 Å². The maximum Gasteiger partial charge on any atom is 0.341 e. The molecule has 0 saturated carbocycles. The predicted octanol–water partition coefficient (Wildman–Crippen LogP) is 0.253. The van der Waals surface area contributed by atoms with Crippen LogP contribution in [0.25, 0.3) is 0 Å². The van der Waals surface area contributed by atoms with Crippen molar-refractivity contribution in [2.45, 2.75) is 84.1 Å². The first-order chi connectivity index (χ1) is 28.9. The van der Waals surface area contributed by atoms with Gasteiger partial charge in [0.2, 0.25) is 33.7 Å². The zero-order valence-corrected chi connectivity index (χ0v) is 36.1. The van der Waals surface area contributed by atoms with Crippen molar-refractivity contribution in [1.29, 1.82) is 0 Å². The van der Waals surface area contributed by atoms with Gasteiger partial charge in [0, 0.05) is 9.49 Å². The van der Waals surface area contributed by atoms with Crippen LogP contribution < -0.4 is 16.0 Å². The van der Waals surface area contributed by atoms with Crippen LogP contribution in [-0.2, 0) is 43.6 Å². The Morgan fingerprint density at radius 1 is 0.694 bits per heavy atom. The molecule has 5 aliphatic heterocycles. The molecule has 0 radical (unpaired) electrons. The van der Waals surface area contributed by atoms with Gasteiger partial charge in [-0.25, -0.2) is 36.8 Å². The van der Waals surface area contributed by atoms with Crippen LogP contribution >= 0.6 is 23.5 Å². The largest absolute Gasteiger partial charge is 0.480 e. The predicted molar refractivity (Wildman–Crippen MR) is 220 cm³/mol. The van der Waals surface area contributed by atoms with E-state index in [4.69, 9.17) is 0 Å². The van der Waals surface area contributed by atoms with Gasteiger partial charge in [0.05, 0.1) is 19.3 Å². The van der Waals surface area contributed by atoms with Crippen molar-refractivity contribution in [3.05, 3.63) is 71.8 Å². The highest BCUT2D eigenvalue weighted by molar-refractivity contribution is 8.02. The third-order valence-corrected chi connectivity index (χ3v) is 15.1. The number of carboxylic acids is 3. The van der Waals surface area contributed by atoms with Gasteiger partial charge in [-0.15, -0.1) is 23.5 Å². The number of aliphatic carboxylic acids is 3. The maximum absolute atomic E-state index is 13.3. The van der Waals surface area contributed by atoms with E-state index >= 15 is 0 Å². The topological polar surface area (TPSA) is 298 Å². The molecule has 1 unspecified atom stereocenters. The minimum atomic E-state index is -3.87. The lowest BCUT2D eigenvalue weighted by Gasteiger charge is -2.44. The first kappa shape index (κ1) is 45.6. The molecule has 5 fully saturated rings. The highest BCUT2D eigenvalue weighted by Gasteiger charge is 2.65. The van der Waals surface area contributed by atoms with Gasteiger partial charge < -0.3 is 41.1 Å². The van der Waals surface area contributed by atoms with Crippen LogP contribution in [0, 0.1) is 0 Å². The van der Waals surface area contributed by atoms with Gasteiger partial charge >= 0.3 is 30.0 Å². The zero-order valence-electron chi connectivity index (χ0n) is 33.7. The van der Waals surface area contributed by atoms with Gasteiger partial charge in [-0.2, -0.15) is 0 Å². The molecule has 8 amide bonds. The number of hydrogen-bond acceptors (Lipinski definition) is 13. The molecule has 5 heterocycles. The average Bonchev–Trinajstić information content (AvgIpc) is 3.80. The van der Waals surface area contributed by atoms with Crippen LogP contribution in [0.1, 0.15) is 50.8 Å². The number of benzene rings is 2. The monoisotopic (exact) mass is 917 g/mol. The van der Waals surface area contributed by atoms with Crippen LogP contribution in [0.4, 0.5) is 9.59 Å². The Labute approximate surface area is 362 Å². The molecule has 62 heavy (non-hydrogen) atoms. The molecule has 5 saturated heterocycles. The smallest absolute Gasteiger partial charge is 0.341 e. The number of carboxylic acid groups (broad SMARTS) is 3. The number of β-lactam (4-membered cyclic amide) rings is 2. The van der Waals surface area contributed by atoms with Crippen molar-refractivity contribution < 1.29 is 66.9 Å². The molecule has 2 aromatic rings. The molecule has 332 valence electrons. The molecule has 0 bridgehead atoms. The van der Waals surface area contributed by atoms with Crippen molar-refractivity contribution in [3.63, 3.8) is 0 Å². The molecule has 8 atom stereocenters. The minimum absolute atomic E-state index is 0.193. The van der Waals surface area contributed by atoms with Crippen molar-refractivity contribution in [2.75, 3.05) is 19.3 Å². The number of thioether (sulfide) groups is 2. The maximum atomic E-state index is 13.3. The number of urea groups is 2. The van der Waals surface area contributed by atoms with Crippen LogP contribution in [0.15, 0.2) is 60.7 Å². The lowest BCUT2D eigenvalue weighted by molar-refractivity contribution is -0.161. The lowest BCUT2D eigenvalue weighted by atomic mass is 9.94. The van der Waals surface area contributed by atoms with Gasteiger partial charge in [0.1, 0.15) is 41.0 Å². The second-order valence-electron chi connectivity index (χ2n) is 15.9. The average molecular weight is 918 g/mol. The third-order valence-electron chi connectivity index (χ3n) is 10.9. The van der Waals surface area contributed by atoms with Gasteiger partial charge in [0.15, 0.2) is 5.92 Å². The Bertz CT molecular complexity index is 2330. The van der Waals surface area contributed by atoms with E-state index in [0.717, 1.165) is 6.26 Å². The summed E-state index contributed by atoms with van der Waals surface area (Å²) in [5.74, 6) is -7.58. The lowest BCUT2D eigenvalue weighted by Crippen LogP contribution is -2.71. The number of hydrogen-bond donors (Lipinski definition) is 6. The molecule has 7 rings (SSSR count). The van der Waals surface area contributed by atoms with Crippen LogP contribution in [0.5, 0.6) is 0 Å². The van der Waals surface area contributed by atoms with E-state index in [9.17, 15) is 66.9 Å². The fraction of sp³-hybridized carbons (Fsp3) is 0.447. The molecule has 0 aromatic heterocycles. The second kappa shape index (κ2) is 16.8. The molecular formula is C38H43N7O14S3. The summed E-state index contributed by atoms with van der Waals surface area (Å²) in [6.45, 7) is 6.47. The van der Waals surface area contributed by atoms with Crippen LogP contribution in [0.2, 0.25) is 0 Å². The molecule has 0 aliphatic carbocycles. The van der Waals surface area contributed by atoms with Gasteiger partial charge in [-0.3, -0.25) is 24.0 Å². The number of carbonyl (C=O) groups is 9. The second-order valence-corrected chi connectivity index (χ2v) is 21.4. The highest BCUT2D eigenvalue weighted by Crippen LogP contribution is 2.52. The molecule has 5 aliphatic rings. The Morgan fingerprint density at radius 2 is 1.13 bits per heavy atom. The number of rotatable bonds is 11. The van der Waals surface area contributed by atoms with E-state index in [1.165, 1.54) is 45.5 Å². The van der Waals surface area contributed by atoms with Gasteiger partial charge in [-0.05, 0) is 38.8 Å². The van der Waals surface area contributed by atoms with E-state index in [1.54, 1.807) is 76.2 Å². The summed E-state index contributed by atoms with van der Waals surface area (Å²) in [6.07, 6.45) is 0.850. The number of imide groups is 1. The number of nitrogens with zero attached hydrogens (tertiary/aromatic N) is 4. The number of fused-ring (bicyclic) bond motifs is 2. The summed E-state index contributed by atoms with van der Waals surface area (Å²) in [5, 5.41) is 34.8. The minimum Gasteiger partial charge on any atom is -0.480 e. The molecular weight excluding hydrogens is 875 g/mol. The summed E-state index contributed by atoms with van der Waals surface area (Å²) >= 11 is 2.55. The van der Waals surface area contributed by atoms with E-state index in [2.05, 4.69) is 16.0 Å². The highest BCUT2D eigenvalue weighted by atomic mass is 32.2. The fourth-order valence-electron chi connectivity index (χ4n) is 7.98. The standard InChI is InChI=1S/C21H25N5O8S2.C17H18N2O6S/c1-21(2)14(18(29)30)26-16(28)13(17(26)35-21)22-15(27)12(11-7-5-4-6-8-11)23-19(31)24-9-10-25(20(24)32)36(3,33)34;1-17(2)11(16(24)25)19-13(21)10(14(19)26-17)18-12(20)9(15(22)23)8-6-4-3-5-7-8/h4-8,12-14,17H,9-10H2,1-3H3,(H,22,27)(H,23,31)(H,29,30);3-7,9-11,14H,1-2H3,(H,18,20)(H,22,23)(H,24,25)/t12-,13-,14+,17-;9?,10-,11+,14-/m11/s1. The SMILES string of the molecule is CC1(C)S[C@@H]2[C@H](NC(=O)C(C(=O)O)c3ccccc3)C(=O)N2[C@H]1C(=O)O.CC1(C)S[C@@H]2[C@H](NC(=O)[C@H](NC(=O)N3CCN(S(C)(=O)=O)C3=O)c3ccccc3)C(=O)N2[C@H]1C(=O)O. The summed E-state index contributed by atoms with van der Waals surface area (Å²) in [4.78, 5) is 114. The van der Waals surface area contributed by atoms with E-state index < -0.39 is 120 Å². The van der Waals surface area contributed by atoms with Crippen molar-refractivity contribution in [1.82, 2.24) is 35.0 Å².